The highest BCUT2D eigenvalue weighted by molar-refractivity contribution is 5.83. The Kier molecular flexibility index (Phi) is 4.73. The van der Waals surface area contributed by atoms with Crippen LogP contribution in [0.4, 0.5) is 0 Å². The summed E-state index contributed by atoms with van der Waals surface area (Å²) >= 11 is 0. The highest BCUT2D eigenvalue weighted by atomic mass is 16.5. The first-order chi connectivity index (χ1) is 7.56. The third-order valence-corrected chi connectivity index (χ3v) is 2.92. The van der Waals surface area contributed by atoms with Crippen molar-refractivity contribution in [2.24, 2.45) is 5.92 Å². The molecule has 0 spiro atoms. The van der Waals surface area contributed by atoms with Gasteiger partial charge in [-0.3, -0.25) is 9.59 Å². The smallest absolute Gasteiger partial charge is 0.310 e. The minimum atomic E-state index is -0.242. The first-order valence-corrected chi connectivity index (χ1v) is 5.76. The molecular formula is C11H20N2O3. The number of hydrogen-bond donors (Lipinski definition) is 2. The Labute approximate surface area is 95.9 Å². The number of ether oxygens (including phenoxy) is 1. The Hall–Kier alpha value is -1.10. The first kappa shape index (κ1) is 13.0. The molecule has 1 aliphatic rings. The lowest BCUT2D eigenvalue weighted by Crippen LogP contribution is -2.46. The van der Waals surface area contributed by atoms with Crippen LogP contribution in [0.2, 0.25) is 0 Å². The summed E-state index contributed by atoms with van der Waals surface area (Å²) in [5.41, 5.74) is 0. The van der Waals surface area contributed by atoms with Crippen molar-refractivity contribution in [1.82, 2.24) is 10.6 Å². The number of carbonyl (C=O) groups excluding carboxylic acids is 2. The molecule has 1 saturated heterocycles. The highest BCUT2D eigenvalue weighted by Gasteiger charge is 2.29. The Bertz CT molecular complexity index is 268. The minimum Gasteiger partial charge on any atom is -0.466 e. The lowest BCUT2D eigenvalue weighted by molar-refractivity contribution is -0.148. The molecule has 1 amide bonds. The van der Waals surface area contributed by atoms with E-state index < -0.39 is 0 Å². The molecule has 1 heterocycles. The van der Waals surface area contributed by atoms with Crippen molar-refractivity contribution in [3.63, 3.8) is 0 Å². The number of hydrogen-bond acceptors (Lipinski definition) is 4. The summed E-state index contributed by atoms with van der Waals surface area (Å²) in [6, 6.07) is -0.236. The van der Waals surface area contributed by atoms with E-state index in [0.29, 0.717) is 13.2 Å². The minimum absolute atomic E-state index is 0.0166. The molecule has 16 heavy (non-hydrogen) atoms. The second-order valence-corrected chi connectivity index (χ2v) is 4.13. The van der Waals surface area contributed by atoms with Gasteiger partial charge >= 0.3 is 5.97 Å². The van der Waals surface area contributed by atoms with E-state index in [4.69, 9.17) is 4.74 Å². The predicted octanol–water partition coefficient (Wildman–Crippen LogP) is 0.0522. The standard InChI is InChI=1S/C11H20N2O3/c1-4-16-11(15)7(2)8(3)13-9-5-6-12-10(9)14/h7-9,13H,4-6H2,1-3H3,(H,12,14)/t7-,8+,9+/m1/s1. The summed E-state index contributed by atoms with van der Waals surface area (Å²) in [7, 11) is 0. The van der Waals surface area contributed by atoms with E-state index in [0.717, 1.165) is 6.42 Å². The average molecular weight is 228 g/mol. The molecule has 0 saturated carbocycles. The fraction of sp³-hybridized carbons (Fsp3) is 0.818. The lowest BCUT2D eigenvalue weighted by Gasteiger charge is -2.22. The van der Waals surface area contributed by atoms with E-state index in [1.807, 2.05) is 13.8 Å². The topological polar surface area (TPSA) is 67.4 Å². The maximum atomic E-state index is 11.5. The number of amides is 1. The molecule has 92 valence electrons. The van der Waals surface area contributed by atoms with Crippen LogP contribution >= 0.6 is 0 Å². The summed E-state index contributed by atoms with van der Waals surface area (Å²) < 4.78 is 4.94. The molecule has 3 atom stereocenters. The van der Waals surface area contributed by atoms with Gasteiger partial charge in [-0.2, -0.15) is 0 Å². The molecule has 5 heteroatoms. The van der Waals surface area contributed by atoms with Crippen LogP contribution in [0.3, 0.4) is 0 Å². The molecule has 1 aliphatic heterocycles. The van der Waals surface area contributed by atoms with Crippen molar-refractivity contribution in [2.75, 3.05) is 13.2 Å². The Morgan fingerprint density at radius 1 is 1.62 bits per heavy atom. The van der Waals surface area contributed by atoms with E-state index >= 15 is 0 Å². The normalized spacial score (nSPS) is 23.7. The SMILES string of the molecule is CCOC(=O)[C@H](C)[C@H](C)N[C@H]1CCNC1=O. The molecule has 1 rings (SSSR count). The molecule has 0 aromatic rings. The van der Waals surface area contributed by atoms with Crippen LogP contribution in [-0.4, -0.2) is 37.1 Å². The summed E-state index contributed by atoms with van der Waals surface area (Å²) in [6.45, 7) is 6.58. The molecule has 0 unspecified atom stereocenters. The zero-order valence-corrected chi connectivity index (χ0v) is 10.1. The van der Waals surface area contributed by atoms with Gasteiger partial charge in [-0.05, 0) is 20.3 Å². The van der Waals surface area contributed by atoms with Crippen molar-refractivity contribution in [3.05, 3.63) is 0 Å². The van der Waals surface area contributed by atoms with Gasteiger partial charge in [0.2, 0.25) is 5.91 Å². The van der Waals surface area contributed by atoms with Crippen molar-refractivity contribution in [3.8, 4) is 0 Å². The number of rotatable bonds is 5. The van der Waals surface area contributed by atoms with E-state index in [-0.39, 0.29) is 29.9 Å². The molecule has 0 radical (unpaired) electrons. The van der Waals surface area contributed by atoms with Crippen molar-refractivity contribution < 1.29 is 14.3 Å². The van der Waals surface area contributed by atoms with Gasteiger partial charge in [-0.1, -0.05) is 6.92 Å². The average Bonchev–Trinajstić information content (AvgIpc) is 2.63. The summed E-state index contributed by atoms with van der Waals surface area (Å²) in [6.07, 6.45) is 0.777. The monoisotopic (exact) mass is 228 g/mol. The maximum Gasteiger partial charge on any atom is 0.310 e. The van der Waals surface area contributed by atoms with E-state index in [2.05, 4.69) is 10.6 Å². The van der Waals surface area contributed by atoms with Gasteiger partial charge < -0.3 is 15.4 Å². The molecule has 2 N–H and O–H groups in total. The van der Waals surface area contributed by atoms with E-state index in [1.165, 1.54) is 0 Å². The first-order valence-electron chi connectivity index (χ1n) is 5.76. The van der Waals surface area contributed by atoms with Crippen molar-refractivity contribution in [1.29, 1.82) is 0 Å². The third kappa shape index (κ3) is 3.20. The molecule has 0 bridgehead atoms. The highest BCUT2D eigenvalue weighted by Crippen LogP contribution is 2.09. The molecule has 0 aromatic carbocycles. The van der Waals surface area contributed by atoms with E-state index in [1.54, 1.807) is 6.92 Å². The van der Waals surface area contributed by atoms with Gasteiger partial charge in [0, 0.05) is 12.6 Å². The summed E-state index contributed by atoms with van der Waals surface area (Å²) in [4.78, 5) is 22.8. The van der Waals surface area contributed by atoms with Crippen LogP contribution in [-0.2, 0) is 14.3 Å². The largest absolute Gasteiger partial charge is 0.466 e. The molecular weight excluding hydrogens is 208 g/mol. The third-order valence-electron chi connectivity index (χ3n) is 2.92. The van der Waals surface area contributed by atoms with Crippen molar-refractivity contribution in [2.45, 2.75) is 39.3 Å². The Morgan fingerprint density at radius 3 is 2.81 bits per heavy atom. The van der Waals surface area contributed by atoms with Gasteiger partial charge in [0.15, 0.2) is 0 Å². The summed E-state index contributed by atoms with van der Waals surface area (Å²) in [5.74, 6) is -0.447. The molecule has 0 aliphatic carbocycles. The second kappa shape index (κ2) is 5.84. The van der Waals surface area contributed by atoms with Crippen LogP contribution in [0.15, 0.2) is 0 Å². The molecule has 0 aromatic heterocycles. The van der Waals surface area contributed by atoms with Gasteiger partial charge in [-0.25, -0.2) is 0 Å². The van der Waals surface area contributed by atoms with Crippen LogP contribution in [0.1, 0.15) is 27.2 Å². The van der Waals surface area contributed by atoms with Crippen LogP contribution < -0.4 is 10.6 Å². The fourth-order valence-corrected chi connectivity index (χ4v) is 1.69. The van der Waals surface area contributed by atoms with Crippen LogP contribution in [0.5, 0.6) is 0 Å². The molecule has 5 nitrogen and oxygen atoms in total. The number of esters is 1. The second-order valence-electron chi connectivity index (χ2n) is 4.13. The van der Waals surface area contributed by atoms with Crippen molar-refractivity contribution >= 4 is 11.9 Å². The van der Waals surface area contributed by atoms with Gasteiger partial charge in [0.25, 0.3) is 0 Å². The quantitative estimate of drug-likeness (QED) is 0.653. The van der Waals surface area contributed by atoms with Crippen LogP contribution in [0.25, 0.3) is 0 Å². The zero-order chi connectivity index (χ0) is 12.1. The summed E-state index contributed by atoms with van der Waals surface area (Å²) in [5, 5.41) is 5.91. The lowest BCUT2D eigenvalue weighted by atomic mass is 10.0. The zero-order valence-electron chi connectivity index (χ0n) is 10.1. The van der Waals surface area contributed by atoms with Crippen LogP contribution in [0, 0.1) is 5.92 Å². The number of nitrogens with one attached hydrogen (secondary N) is 2. The predicted molar refractivity (Wildman–Crippen MR) is 59.8 cm³/mol. The Morgan fingerprint density at radius 2 is 2.31 bits per heavy atom. The van der Waals surface area contributed by atoms with E-state index in [9.17, 15) is 9.59 Å². The number of carbonyl (C=O) groups is 2. The maximum absolute atomic E-state index is 11.5. The molecule has 1 fully saturated rings. The Balaban J connectivity index is 2.41. The van der Waals surface area contributed by atoms with Gasteiger partial charge in [0.1, 0.15) is 0 Å². The van der Waals surface area contributed by atoms with Gasteiger partial charge in [0.05, 0.1) is 18.6 Å². The van der Waals surface area contributed by atoms with Gasteiger partial charge in [-0.15, -0.1) is 0 Å². The fourth-order valence-electron chi connectivity index (χ4n) is 1.69.